The molecule has 1 saturated carbocycles. The van der Waals surface area contributed by atoms with E-state index in [-0.39, 0.29) is 12.1 Å². The van der Waals surface area contributed by atoms with E-state index in [4.69, 9.17) is 16.2 Å². The second-order valence-electron chi connectivity index (χ2n) is 5.48. The van der Waals surface area contributed by atoms with Crippen LogP contribution in [-0.4, -0.2) is 16.1 Å². The fourth-order valence-electron chi connectivity index (χ4n) is 3.02. The molecule has 0 spiro atoms. The van der Waals surface area contributed by atoms with E-state index in [2.05, 4.69) is 16.9 Å². The number of aromatic nitrogens is 2. The lowest BCUT2D eigenvalue weighted by Gasteiger charge is -2.21. The molecule has 0 saturated heterocycles. The highest BCUT2D eigenvalue weighted by Gasteiger charge is 2.23. The molecular formula is C15H20N4O. The van der Waals surface area contributed by atoms with Crippen LogP contribution in [0, 0.1) is 5.92 Å². The van der Waals surface area contributed by atoms with E-state index < -0.39 is 0 Å². The van der Waals surface area contributed by atoms with Crippen LogP contribution in [0.5, 0.6) is 5.75 Å². The van der Waals surface area contributed by atoms with E-state index in [1.54, 1.807) is 0 Å². The number of nitrogens with two attached hydrogens (primary N) is 2. The predicted molar refractivity (Wildman–Crippen MR) is 80.4 cm³/mol. The van der Waals surface area contributed by atoms with Gasteiger partial charge in [0.05, 0.1) is 17.0 Å². The lowest BCUT2D eigenvalue weighted by molar-refractivity contribution is 0.156. The maximum atomic E-state index is 6.13. The van der Waals surface area contributed by atoms with E-state index >= 15 is 0 Å². The molecule has 0 amide bonds. The van der Waals surface area contributed by atoms with Crippen molar-refractivity contribution in [3.8, 4) is 5.75 Å². The SMILES string of the molecule is CC(Oc1cccc2nc(N)nc(N)c12)C1CCCC1. The van der Waals surface area contributed by atoms with Crippen molar-refractivity contribution in [3.05, 3.63) is 18.2 Å². The Bertz CT molecular complexity index is 623. The first-order chi connectivity index (χ1) is 9.65. The van der Waals surface area contributed by atoms with Gasteiger partial charge in [0.2, 0.25) is 5.95 Å². The molecule has 1 heterocycles. The molecular weight excluding hydrogens is 252 g/mol. The summed E-state index contributed by atoms with van der Waals surface area (Å²) in [4.78, 5) is 8.24. The van der Waals surface area contributed by atoms with Crippen molar-refractivity contribution in [2.24, 2.45) is 5.92 Å². The first-order valence-corrected chi connectivity index (χ1v) is 7.13. The summed E-state index contributed by atoms with van der Waals surface area (Å²) < 4.78 is 6.13. The number of benzene rings is 1. The molecule has 3 rings (SSSR count). The predicted octanol–water partition coefficient (Wildman–Crippen LogP) is 2.75. The summed E-state index contributed by atoms with van der Waals surface area (Å²) in [6.45, 7) is 2.13. The van der Waals surface area contributed by atoms with Gasteiger partial charge in [-0.3, -0.25) is 0 Å². The van der Waals surface area contributed by atoms with Crippen molar-refractivity contribution in [2.75, 3.05) is 11.5 Å². The number of hydrogen-bond acceptors (Lipinski definition) is 5. The Morgan fingerprint density at radius 2 is 1.95 bits per heavy atom. The van der Waals surface area contributed by atoms with Gasteiger partial charge < -0.3 is 16.2 Å². The van der Waals surface area contributed by atoms with Crippen molar-refractivity contribution in [1.82, 2.24) is 9.97 Å². The second-order valence-corrected chi connectivity index (χ2v) is 5.48. The van der Waals surface area contributed by atoms with Gasteiger partial charge in [-0.2, -0.15) is 4.98 Å². The number of nitrogen functional groups attached to an aromatic ring is 2. The van der Waals surface area contributed by atoms with Gasteiger partial charge in [-0.05, 0) is 37.8 Å². The van der Waals surface area contributed by atoms with Gasteiger partial charge in [-0.25, -0.2) is 4.98 Å². The molecule has 106 valence electrons. The summed E-state index contributed by atoms with van der Waals surface area (Å²) in [6.07, 6.45) is 5.27. The van der Waals surface area contributed by atoms with Gasteiger partial charge in [0.15, 0.2) is 0 Å². The van der Waals surface area contributed by atoms with Crippen molar-refractivity contribution < 1.29 is 4.74 Å². The summed E-state index contributed by atoms with van der Waals surface area (Å²) in [5.41, 5.74) is 12.3. The molecule has 5 heteroatoms. The van der Waals surface area contributed by atoms with Crippen LogP contribution in [0.15, 0.2) is 18.2 Å². The Morgan fingerprint density at radius 3 is 2.70 bits per heavy atom. The molecule has 0 radical (unpaired) electrons. The Hall–Kier alpha value is -2.04. The maximum Gasteiger partial charge on any atom is 0.222 e. The van der Waals surface area contributed by atoms with Crippen LogP contribution < -0.4 is 16.2 Å². The molecule has 5 nitrogen and oxygen atoms in total. The minimum Gasteiger partial charge on any atom is -0.490 e. The molecule has 1 aliphatic carbocycles. The van der Waals surface area contributed by atoms with Crippen LogP contribution in [0.1, 0.15) is 32.6 Å². The Kier molecular flexibility index (Phi) is 3.34. The molecule has 2 aromatic rings. The summed E-state index contributed by atoms with van der Waals surface area (Å²) in [6, 6.07) is 5.70. The van der Waals surface area contributed by atoms with Crippen LogP contribution in [0.4, 0.5) is 11.8 Å². The standard InChI is InChI=1S/C15H20N4O/c1-9(10-5-2-3-6-10)20-12-8-4-7-11-13(12)14(16)19-15(17)18-11/h4,7-10H,2-3,5-6H2,1H3,(H4,16,17,18,19). The summed E-state index contributed by atoms with van der Waals surface area (Å²) in [5.74, 6) is 1.94. The third-order valence-corrected chi connectivity index (χ3v) is 4.11. The lowest BCUT2D eigenvalue weighted by Crippen LogP contribution is -2.21. The molecule has 1 unspecified atom stereocenters. The van der Waals surface area contributed by atoms with Crippen LogP contribution >= 0.6 is 0 Å². The van der Waals surface area contributed by atoms with Gasteiger partial charge in [-0.15, -0.1) is 0 Å². The van der Waals surface area contributed by atoms with E-state index in [1.807, 2.05) is 18.2 Å². The summed E-state index contributed by atoms with van der Waals surface area (Å²) in [7, 11) is 0. The van der Waals surface area contributed by atoms with Crippen LogP contribution in [0.3, 0.4) is 0 Å². The van der Waals surface area contributed by atoms with Crippen LogP contribution in [-0.2, 0) is 0 Å². The molecule has 1 aliphatic rings. The van der Waals surface area contributed by atoms with Gasteiger partial charge in [0.25, 0.3) is 0 Å². The Labute approximate surface area is 118 Å². The van der Waals surface area contributed by atoms with Gasteiger partial charge in [0.1, 0.15) is 11.6 Å². The monoisotopic (exact) mass is 272 g/mol. The number of rotatable bonds is 3. The van der Waals surface area contributed by atoms with Crippen molar-refractivity contribution in [1.29, 1.82) is 0 Å². The Morgan fingerprint density at radius 1 is 1.20 bits per heavy atom. The molecule has 20 heavy (non-hydrogen) atoms. The maximum absolute atomic E-state index is 6.13. The molecule has 1 atom stereocenters. The highest BCUT2D eigenvalue weighted by molar-refractivity contribution is 5.94. The molecule has 1 aromatic carbocycles. The second kappa shape index (κ2) is 5.15. The lowest BCUT2D eigenvalue weighted by atomic mass is 10.0. The number of hydrogen-bond donors (Lipinski definition) is 2. The Balaban J connectivity index is 1.95. The fourth-order valence-corrected chi connectivity index (χ4v) is 3.02. The third-order valence-electron chi connectivity index (χ3n) is 4.11. The quantitative estimate of drug-likeness (QED) is 0.897. The molecule has 4 N–H and O–H groups in total. The summed E-state index contributed by atoms with van der Waals surface area (Å²) >= 11 is 0. The van der Waals surface area contributed by atoms with Crippen molar-refractivity contribution in [2.45, 2.75) is 38.7 Å². The van der Waals surface area contributed by atoms with Gasteiger partial charge >= 0.3 is 0 Å². The van der Waals surface area contributed by atoms with Crippen molar-refractivity contribution >= 4 is 22.7 Å². The van der Waals surface area contributed by atoms with Crippen LogP contribution in [0.2, 0.25) is 0 Å². The molecule has 1 aromatic heterocycles. The highest BCUT2D eigenvalue weighted by Crippen LogP contribution is 2.34. The van der Waals surface area contributed by atoms with Crippen molar-refractivity contribution in [3.63, 3.8) is 0 Å². The van der Waals surface area contributed by atoms with Gasteiger partial charge in [0, 0.05) is 0 Å². The average Bonchev–Trinajstić information content (AvgIpc) is 2.91. The van der Waals surface area contributed by atoms with Crippen LogP contribution in [0.25, 0.3) is 10.9 Å². The number of ether oxygens (including phenoxy) is 1. The van der Waals surface area contributed by atoms with Gasteiger partial charge in [-0.1, -0.05) is 18.9 Å². The zero-order chi connectivity index (χ0) is 14.1. The highest BCUT2D eigenvalue weighted by atomic mass is 16.5. The van der Waals surface area contributed by atoms with E-state index in [9.17, 15) is 0 Å². The minimum atomic E-state index is 0.181. The zero-order valence-corrected chi connectivity index (χ0v) is 11.7. The van der Waals surface area contributed by atoms with E-state index in [0.29, 0.717) is 11.7 Å². The number of nitrogens with zero attached hydrogens (tertiary/aromatic N) is 2. The minimum absolute atomic E-state index is 0.181. The van der Waals surface area contributed by atoms with E-state index in [1.165, 1.54) is 25.7 Å². The zero-order valence-electron chi connectivity index (χ0n) is 11.7. The molecule has 1 fully saturated rings. The summed E-state index contributed by atoms with van der Waals surface area (Å²) in [5, 5.41) is 0.756. The topological polar surface area (TPSA) is 87.0 Å². The molecule has 0 aliphatic heterocycles. The number of anilines is 2. The average molecular weight is 272 g/mol. The first kappa shape index (κ1) is 13.0. The fraction of sp³-hybridized carbons (Fsp3) is 0.467. The normalized spacial score (nSPS) is 17.4. The first-order valence-electron chi connectivity index (χ1n) is 7.13. The smallest absolute Gasteiger partial charge is 0.222 e. The van der Waals surface area contributed by atoms with E-state index in [0.717, 1.165) is 16.7 Å². The largest absolute Gasteiger partial charge is 0.490 e. The number of fused-ring (bicyclic) bond motifs is 1. The molecule has 0 bridgehead atoms. The third kappa shape index (κ3) is 2.35.